The van der Waals surface area contributed by atoms with Crippen LogP contribution in [0.25, 0.3) is 0 Å². The number of aryl methyl sites for hydroxylation is 1. The van der Waals surface area contributed by atoms with Gasteiger partial charge in [-0.1, -0.05) is 24.3 Å². The van der Waals surface area contributed by atoms with Crippen LogP contribution in [-0.4, -0.2) is 26.0 Å². The van der Waals surface area contributed by atoms with Crippen LogP contribution in [0.1, 0.15) is 29.7 Å². The van der Waals surface area contributed by atoms with Gasteiger partial charge in [0.05, 0.1) is 26.5 Å². The van der Waals surface area contributed by atoms with Crippen molar-refractivity contribution in [2.45, 2.75) is 26.4 Å². The van der Waals surface area contributed by atoms with Gasteiger partial charge in [0.25, 0.3) is 5.91 Å². The highest BCUT2D eigenvalue weighted by molar-refractivity contribution is 6.06. The first-order valence-corrected chi connectivity index (χ1v) is 8.35. The highest BCUT2D eigenvalue weighted by atomic mass is 16.5. The molecule has 6 nitrogen and oxygen atoms in total. The molecule has 6 heteroatoms. The summed E-state index contributed by atoms with van der Waals surface area (Å²) in [6.07, 6.45) is 0. The van der Waals surface area contributed by atoms with E-state index in [0.717, 1.165) is 22.4 Å². The Balaban J connectivity index is 1.98. The highest BCUT2D eigenvalue weighted by Gasteiger charge is 2.38. The van der Waals surface area contributed by atoms with Crippen LogP contribution in [0.3, 0.4) is 0 Å². The minimum Gasteiger partial charge on any atom is -0.493 e. The molecule has 26 heavy (non-hydrogen) atoms. The number of hydrogen-bond donors (Lipinski definition) is 1. The summed E-state index contributed by atoms with van der Waals surface area (Å²) >= 11 is 0. The molecule has 2 amide bonds. The molecule has 0 saturated heterocycles. The zero-order valence-electron chi connectivity index (χ0n) is 15.3. The van der Waals surface area contributed by atoms with Gasteiger partial charge < -0.3 is 19.7 Å². The molecule has 0 aliphatic carbocycles. The Morgan fingerprint density at radius 2 is 1.88 bits per heavy atom. The number of fused-ring (bicyclic) bond motifs is 1. The molecule has 0 fully saturated rings. The number of para-hydroxylation sites is 1. The number of carbonyl (C=O) groups excluding carboxylic acids is 2. The maximum Gasteiger partial charge on any atom is 0.254 e. The van der Waals surface area contributed by atoms with Crippen molar-refractivity contribution in [3.63, 3.8) is 0 Å². The summed E-state index contributed by atoms with van der Waals surface area (Å²) in [6.45, 7) is 3.76. The fraction of sp³-hybridized carbons (Fsp3) is 0.300. The Hall–Kier alpha value is -3.02. The summed E-state index contributed by atoms with van der Waals surface area (Å²) in [7, 11) is 3.16. The molecule has 1 heterocycles. The third kappa shape index (κ3) is 3.10. The molecule has 2 aromatic carbocycles. The summed E-state index contributed by atoms with van der Waals surface area (Å²) in [5.41, 5.74) is 3.58. The zero-order valence-corrected chi connectivity index (χ0v) is 15.3. The van der Waals surface area contributed by atoms with E-state index in [1.54, 1.807) is 19.1 Å². The Morgan fingerprint density at radius 1 is 1.15 bits per heavy atom. The lowest BCUT2D eigenvalue weighted by molar-refractivity contribution is -0.126. The average molecular weight is 354 g/mol. The van der Waals surface area contributed by atoms with E-state index in [0.29, 0.717) is 18.0 Å². The first kappa shape index (κ1) is 17.8. The van der Waals surface area contributed by atoms with Crippen molar-refractivity contribution in [3.05, 3.63) is 53.1 Å². The number of carbonyl (C=O) groups is 2. The van der Waals surface area contributed by atoms with Crippen LogP contribution in [0.15, 0.2) is 36.4 Å². The van der Waals surface area contributed by atoms with Crippen molar-refractivity contribution in [1.82, 2.24) is 5.32 Å². The Labute approximate surface area is 152 Å². The number of hydrogen-bond acceptors (Lipinski definition) is 4. The molecule has 0 radical (unpaired) electrons. The van der Waals surface area contributed by atoms with E-state index in [9.17, 15) is 9.59 Å². The maximum atomic E-state index is 13.0. The van der Waals surface area contributed by atoms with E-state index in [1.165, 1.54) is 6.92 Å². The number of ether oxygens (including phenoxy) is 2. The fourth-order valence-electron chi connectivity index (χ4n) is 3.34. The van der Waals surface area contributed by atoms with Crippen molar-refractivity contribution >= 4 is 17.5 Å². The molecule has 1 unspecified atom stereocenters. The molecule has 1 aliphatic heterocycles. The summed E-state index contributed by atoms with van der Waals surface area (Å²) in [5.74, 6) is 0.875. The van der Waals surface area contributed by atoms with Crippen LogP contribution in [0.5, 0.6) is 11.5 Å². The largest absolute Gasteiger partial charge is 0.493 e. The molecule has 1 aliphatic rings. The number of methoxy groups -OCH3 is 2. The molecule has 1 N–H and O–H groups in total. The normalized spacial score (nSPS) is 15.6. The van der Waals surface area contributed by atoms with Gasteiger partial charge in [-0.25, -0.2) is 0 Å². The second-order valence-corrected chi connectivity index (χ2v) is 6.26. The summed E-state index contributed by atoms with van der Waals surface area (Å²) in [5, 5.41) is 2.76. The zero-order chi connectivity index (χ0) is 18.8. The van der Waals surface area contributed by atoms with Crippen LogP contribution in [0.4, 0.5) is 5.69 Å². The van der Waals surface area contributed by atoms with Crippen molar-refractivity contribution in [2.75, 3.05) is 19.1 Å². The molecule has 2 aromatic rings. The lowest BCUT2D eigenvalue weighted by Gasteiger charge is -2.20. The molecule has 136 valence electrons. The molecule has 3 rings (SSSR count). The molecular weight excluding hydrogens is 332 g/mol. The molecule has 0 spiro atoms. The van der Waals surface area contributed by atoms with E-state index in [4.69, 9.17) is 9.47 Å². The summed E-state index contributed by atoms with van der Waals surface area (Å²) in [4.78, 5) is 26.2. The monoisotopic (exact) mass is 354 g/mol. The van der Waals surface area contributed by atoms with E-state index in [2.05, 4.69) is 5.32 Å². The minimum atomic E-state index is -0.650. The topological polar surface area (TPSA) is 67.9 Å². The van der Waals surface area contributed by atoms with Crippen LogP contribution in [-0.2, 0) is 16.1 Å². The van der Waals surface area contributed by atoms with Crippen molar-refractivity contribution < 1.29 is 19.1 Å². The number of nitrogens with zero attached hydrogens (tertiary/aromatic N) is 1. The summed E-state index contributed by atoms with van der Waals surface area (Å²) < 4.78 is 10.6. The standard InChI is InChI=1S/C20H22N2O4/c1-12-6-5-7-15-18(21-13(2)23)20(24)22(19(12)15)11-14-8-9-16(25-3)17(10-14)26-4/h5-10,18H,11H2,1-4H3,(H,21,23). The van der Waals surface area contributed by atoms with Crippen molar-refractivity contribution in [3.8, 4) is 11.5 Å². The van der Waals surface area contributed by atoms with Crippen LogP contribution in [0.2, 0.25) is 0 Å². The van der Waals surface area contributed by atoms with Gasteiger partial charge in [-0.05, 0) is 30.2 Å². The average Bonchev–Trinajstić information content (AvgIpc) is 2.88. The predicted octanol–water partition coefficient (Wildman–Crippen LogP) is 2.74. The Bertz CT molecular complexity index is 863. The lowest BCUT2D eigenvalue weighted by atomic mass is 10.0. The first-order valence-electron chi connectivity index (χ1n) is 8.35. The second-order valence-electron chi connectivity index (χ2n) is 6.26. The third-order valence-corrected chi connectivity index (χ3v) is 4.50. The third-order valence-electron chi connectivity index (χ3n) is 4.50. The van der Waals surface area contributed by atoms with Gasteiger partial charge in [0.1, 0.15) is 6.04 Å². The first-order chi connectivity index (χ1) is 12.5. The predicted molar refractivity (Wildman–Crippen MR) is 98.5 cm³/mol. The van der Waals surface area contributed by atoms with Gasteiger partial charge in [0.2, 0.25) is 5.91 Å². The van der Waals surface area contributed by atoms with Gasteiger partial charge in [-0.15, -0.1) is 0 Å². The van der Waals surface area contributed by atoms with E-state index in [-0.39, 0.29) is 11.8 Å². The number of anilines is 1. The Morgan fingerprint density at radius 3 is 2.54 bits per heavy atom. The highest BCUT2D eigenvalue weighted by Crippen LogP contribution is 2.40. The van der Waals surface area contributed by atoms with Gasteiger partial charge >= 0.3 is 0 Å². The molecule has 1 atom stereocenters. The van der Waals surface area contributed by atoms with Gasteiger partial charge in [0.15, 0.2) is 11.5 Å². The van der Waals surface area contributed by atoms with Crippen LogP contribution >= 0.6 is 0 Å². The van der Waals surface area contributed by atoms with Gasteiger partial charge in [-0.3, -0.25) is 9.59 Å². The molecule has 0 saturated carbocycles. The number of nitrogens with one attached hydrogen (secondary N) is 1. The Kier molecular flexibility index (Phi) is 4.84. The number of benzene rings is 2. The fourth-order valence-corrected chi connectivity index (χ4v) is 3.34. The maximum absolute atomic E-state index is 13.0. The SMILES string of the molecule is COc1ccc(CN2C(=O)C(NC(C)=O)c3cccc(C)c32)cc1OC. The second kappa shape index (κ2) is 7.07. The van der Waals surface area contributed by atoms with Crippen molar-refractivity contribution in [2.24, 2.45) is 0 Å². The number of rotatable bonds is 5. The minimum absolute atomic E-state index is 0.140. The smallest absolute Gasteiger partial charge is 0.254 e. The summed E-state index contributed by atoms with van der Waals surface area (Å²) in [6, 6.07) is 10.7. The van der Waals surface area contributed by atoms with Gasteiger partial charge in [0, 0.05) is 12.5 Å². The van der Waals surface area contributed by atoms with Crippen LogP contribution < -0.4 is 19.7 Å². The van der Waals surface area contributed by atoms with E-state index >= 15 is 0 Å². The van der Waals surface area contributed by atoms with E-state index < -0.39 is 6.04 Å². The molecule has 0 bridgehead atoms. The quantitative estimate of drug-likeness (QED) is 0.896. The number of amides is 2. The van der Waals surface area contributed by atoms with Gasteiger partial charge in [-0.2, -0.15) is 0 Å². The molecule has 0 aromatic heterocycles. The van der Waals surface area contributed by atoms with E-state index in [1.807, 2.05) is 43.3 Å². The van der Waals surface area contributed by atoms with Crippen LogP contribution in [0, 0.1) is 6.92 Å². The molecular formula is C20H22N2O4. The lowest BCUT2D eigenvalue weighted by Crippen LogP contribution is -2.36. The van der Waals surface area contributed by atoms with Crippen molar-refractivity contribution in [1.29, 1.82) is 0 Å².